The maximum absolute atomic E-state index is 5.78. The van der Waals surface area contributed by atoms with Crippen molar-refractivity contribution < 1.29 is 4.18 Å². The van der Waals surface area contributed by atoms with E-state index in [0.29, 0.717) is 0 Å². The van der Waals surface area contributed by atoms with Crippen LogP contribution in [0.1, 0.15) is 23.8 Å². The van der Waals surface area contributed by atoms with Gasteiger partial charge in [0, 0.05) is 58.1 Å². The Morgan fingerprint density at radius 1 is 1.03 bits per heavy atom. The topological polar surface area (TPSA) is 31.1 Å². The molecule has 4 aromatic rings. The number of rotatable bonds is 1. The highest BCUT2D eigenvalue weighted by Crippen LogP contribution is 2.52. The van der Waals surface area contributed by atoms with Crippen molar-refractivity contribution in [2.24, 2.45) is 0 Å². The molecule has 1 atom stereocenters. The fourth-order valence-corrected chi connectivity index (χ4v) is 6.29. The highest BCUT2D eigenvalue weighted by Gasteiger charge is 2.39. The van der Waals surface area contributed by atoms with Crippen LogP contribution in [0.4, 0.5) is 0 Å². The Balaban J connectivity index is 1.77. The van der Waals surface area contributed by atoms with Gasteiger partial charge in [0.1, 0.15) is 11.2 Å². The SMILES string of the molecule is C=C1NC(=S)C2=C1c1c3n(c4ccccc14)[C@@H](OS)CCn1c-3c(c3ccccc31)C2. The number of benzene rings is 2. The van der Waals surface area contributed by atoms with Crippen LogP contribution >= 0.6 is 25.1 Å². The third-order valence-corrected chi connectivity index (χ3v) is 7.56. The van der Waals surface area contributed by atoms with Gasteiger partial charge < -0.3 is 14.5 Å². The summed E-state index contributed by atoms with van der Waals surface area (Å²) < 4.78 is 10.6. The highest BCUT2D eigenvalue weighted by molar-refractivity contribution is 7.80. The molecule has 2 aliphatic heterocycles. The van der Waals surface area contributed by atoms with Crippen molar-refractivity contribution in [2.75, 3.05) is 0 Å². The summed E-state index contributed by atoms with van der Waals surface area (Å²) in [5.41, 5.74) is 10.6. The maximum atomic E-state index is 5.78. The van der Waals surface area contributed by atoms with E-state index < -0.39 is 0 Å². The Morgan fingerprint density at radius 3 is 2.58 bits per heavy atom. The molecule has 3 aliphatic rings. The van der Waals surface area contributed by atoms with Crippen molar-refractivity contribution >= 4 is 57.5 Å². The van der Waals surface area contributed by atoms with Crippen molar-refractivity contribution in [3.05, 3.63) is 77.5 Å². The molecular weight excluding hydrogens is 422 g/mol. The second-order valence-corrected chi connectivity index (χ2v) is 9.04. The largest absolute Gasteiger partial charge is 0.346 e. The molecule has 0 bridgehead atoms. The average Bonchev–Trinajstić information content (AvgIpc) is 3.27. The number of allylic oxidation sites excluding steroid dienone is 1. The molecule has 4 nitrogen and oxygen atoms in total. The number of hydrogen-bond acceptors (Lipinski definition) is 3. The fraction of sp³-hybridized carbons (Fsp3) is 0.160. The quantitative estimate of drug-likeness (QED) is 0.223. The fourth-order valence-electron chi connectivity index (χ4n) is 5.79. The predicted molar refractivity (Wildman–Crippen MR) is 132 cm³/mol. The average molecular weight is 442 g/mol. The lowest BCUT2D eigenvalue weighted by molar-refractivity contribution is 0.161. The van der Waals surface area contributed by atoms with Gasteiger partial charge in [-0.25, -0.2) is 0 Å². The number of hydrogen-bond donors (Lipinski definition) is 2. The van der Waals surface area contributed by atoms with Crippen LogP contribution in [0.15, 0.2) is 66.4 Å². The summed E-state index contributed by atoms with van der Waals surface area (Å²) in [4.78, 5) is 0.784. The van der Waals surface area contributed by atoms with Crippen molar-refractivity contribution in [3.8, 4) is 11.4 Å². The van der Waals surface area contributed by atoms with Crippen molar-refractivity contribution in [2.45, 2.75) is 25.6 Å². The number of para-hydroxylation sites is 2. The van der Waals surface area contributed by atoms with Crippen LogP contribution in [-0.4, -0.2) is 14.1 Å². The minimum absolute atomic E-state index is 0.166. The van der Waals surface area contributed by atoms with E-state index in [1.807, 2.05) is 0 Å². The minimum Gasteiger partial charge on any atom is -0.346 e. The van der Waals surface area contributed by atoms with E-state index in [2.05, 4.69) is 82.5 Å². The van der Waals surface area contributed by atoms with Gasteiger partial charge in [0.25, 0.3) is 0 Å². The van der Waals surface area contributed by atoms with E-state index in [9.17, 15) is 0 Å². The summed E-state index contributed by atoms with van der Waals surface area (Å²) in [6, 6.07) is 17.2. The van der Waals surface area contributed by atoms with E-state index in [-0.39, 0.29) is 6.23 Å². The predicted octanol–water partition coefficient (Wildman–Crippen LogP) is 5.78. The van der Waals surface area contributed by atoms with Gasteiger partial charge in [-0.3, -0.25) is 4.18 Å². The lowest BCUT2D eigenvalue weighted by atomic mass is 9.97. The minimum atomic E-state index is -0.166. The Kier molecular flexibility index (Phi) is 3.53. The molecule has 0 radical (unpaired) electrons. The number of nitrogens with one attached hydrogen (secondary N) is 1. The van der Waals surface area contributed by atoms with Gasteiger partial charge in [-0.1, -0.05) is 55.2 Å². The zero-order chi connectivity index (χ0) is 20.9. The van der Waals surface area contributed by atoms with Crippen molar-refractivity contribution in [1.29, 1.82) is 0 Å². The first-order chi connectivity index (χ1) is 15.2. The Bertz CT molecular complexity index is 1520. The van der Waals surface area contributed by atoms with Gasteiger partial charge in [0.2, 0.25) is 0 Å². The molecule has 7 rings (SSSR count). The summed E-state index contributed by atoms with van der Waals surface area (Å²) in [6.45, 7) is 5.21. The molecule has 0 saturated heterocycles. The first kappa shape index (κ1) is 17.8. The van der Waals surface area contributed by atoms with Crippen molar-refractivity contribution in [3.63, 3.8) is 0 Å². The standard InChI is InChI=1S/C25H19N3OS2/c1-13-21-17(25(30)26-13)12-16-14-6-2-4-8-18(14)27-11-10-20(29-31)28-19-9-5-3-7-15(19)22(21)24(28)23(16)27/h2-9,20,31H,1,10-12H2,(H,26,30)/t20-/m0/s1. The second-order valence-electron chi connectivity index (χ2n) is 8.42. The smallest absolute Gasteiger partial charge is 0.149 e. The van der Waals surface area contributed by atoms with Crippen LogP contribution in [0.3, 0.4) is 0 Å². The molecule has 0 saturated carbocycles. The lowest BCUT2D eigenvalue weighted by Crippen LogP contribution is -2.15. The van der Waals surface area contributed by atoms with Gasteiger partial charge in [-0.15, -0.1) is 0 Å². The number of nitrogens with zero attached hydrogens (tertiary/aromatic N) is 2. The maximum Gasteiger partial charge on any atom is 0.149 e. The summed E-state index contributed by atoms with van der Waals surface area (Å²) >= 11 is 10.1. The molecule has 0 amide bonds. The number of thiocarbonyl (C=S) groups is 1. The van der Waals surface area contributed by atoms with Crippen LogP contribution < -0.4 is 5.32 Å². The van der Waals surface area contributed by atoms with Crippen LogP contribution in [0.5, 0.6) is 0 Å². The van der Waals surface area contributed by atoms with Crippen LogP contribution in [0.25, 0.3) is 38.8 Å². The molecule has 2 aromatic heterocycles. The van der Waals surface area contributed by atoms with Crippen molar-refractivity contribution in [1.82, 2.24) is 14.5 Å². The molecule has 6 heteroatoms. The van der Waals surface area contributed by atoms with Gasteiger partial charge >= 0.3 is 0 Å². The number of fused-ring (bicyclic) bond motifs is 7. The second kappa shape index (κ2) is 6.13. The van der Waals surface area contributed by atoms with E-state index in [1.165, 1.54) is 38.8 Å². The zero-order valence-corrected chi connectivity index (χ0v) is 18.4. The van der Waals surface area contributed by atoms with Gasteiger partial charge in [-0.05, 0) is 30.6 Å². The third kappa shape index (κ3) is 2.12. The Morgan fingerprint density at radius 2 is 1.77 bits per heavy atom. The highest BCUT2D eigenvalue weighted by atomic mass is 32.1. The molecule has 31 heavy (non-hydrogen) atoms. The zero-order valence-electron chi connectivity index (χ0n) is 16.7. The lowest BCUT2D eigenvalue weighted by Gasteiger charge is -2.18. The van der Waals surface area contributed by atoms with Gasteiger partial charge in [-0.2, -0.15) is 0 Å². The number of aromatic nitrogens is 2. The third-order valence-electron chi connectivity index (χ3n) is 6.97. The molecule has 152 valence electrons. The van der Waals surface area contributed by atoms with Crippen LogP contribution in [0.2, 0.25) is 0 Å². The summed E-state index contributed by atoms with van der Waals surface area (Å²) in [5.74, 6) is 0. The Labute approximate surface area is 190 Å². The molecule has 1 N–H and O–H groups in total. The molecule has 0 spiro atoms. The summed E-state index contributed by atoms with van der Waals surface area (Å²) in [6.07, 6.45) is 1.46. The number of thiol groups is 1. The monoisotopic (exact) mass is 441 g/mol. The first-order valence-electron chi connectivity index (χ1n) is 10.5. The number of aryl methyl sites for hydroxylation is 1. The summed E-state index contributed by atoms with van der Waals surface area (Å²) in [5, 5.41) is 5.83. The summed E-state index contributed by atoms with van der Waals surface area (Å²) in [7, 11) is 0. The molecule has 0 unspecified atom stereocenters. The normalized spacial score (nSPS) is 19.5. The molecule has 1 aliphatic carbocycles. The Hall–Kier alpha value is -2.80. The van der Waals surface area contributed by atoms with Crippen LogP contribution in [0, 0.1) is 0 Å². The first-order valence-corrected chi connectivity index (χ1v) is 11.2. The molecular formula is C25H19N3OS2. The van der Waals surface area contributed by atoms with Gasteiger partial charge in [0.15, 0.2) is 0 Å². The van der Waals surface area contributed by atoms with E-state index in [0.717, 1.165) is 46.7 Å². The van der Waals surface area contributed by atoms with E-state index in [4.69, 9.17) is 16.4 Å². The molecule has 2 aromatic carbocycles. The van der Waals surface area contributed by atoms with E-state index >= 15 is 0 Å². The molecule has 0 fully saturated rings. The van der Waals surface area contributed by atoms with Crippen LogP contribution in [-0.2, 0) is 17.1 Å². The molecule has 4 heterocycles. The van der Waals surface area contributed by atoms with E-state index in [1.54, 1.807) is 0 Å². The van der Waals surface area contributed by atoms with Gasteiger partial charge in [0.05, 0.1) is 16.9 Å².